The van der Waals surface area contributed by atoms with Gasteiger partial charge in [0.15, 0.2) is 0 Å². The summed E-state index contributed by atoms with van der Waals surface area (Å²) in [5.41, 5.74) is -0.878. The smallest absolute Gasteiger partial charge is 0.410 e. The lowest BCUT2D eigenvalue weighted by molar-refractivity contribution is 0.199. The highest BCUT2D eigenvalue weighted by Crippen LogP contribution is 2.41. The van der Waals surface area contributed by atoms with Gasteiger partial charge in [0.1, 0.15) is 21.9 Å². The second-order valence-electron chi connectivity index (χ2n) is 7.42. The first-order valence-corrected chi connectivity index (χ1v) is 11.0. The average molecular weight is 493 g/mol. The number of halogens is 2. The quantitative estimate of drug-likeness (QED) is 0.616. The van der Waals surface area contributed by atoms with Crippen molar-refractivity contribution in [3.05, 3.63) is 33.1 Å². The van der Waals surface area contributed by atoms with Crippen molar-refractivity contribution in [1.82, 2.24) is 5.32 Å². The Morgan fingerprint density at radius 3 is 2.65 bits per heavy atom. The molecular weight excluding hydrogens is 472 g/mol. The van der Waals surface area contributed by atoms with E-state index in [1.165, 1.54) is 6.07 Å². The third-order valence-electron chi connectivity index (χ3n) is 4.80. The fraction of sp³-hybridized carbons (Fsp3) is 0.529. The molecule has 0 radical (unpaired) electrons. The second kappa shape index (κ2) is 6.43. The number of aliphatic imine (C=N–C) groups is 1. The third-order valence-corrected chi connectivity index (χ3v) is 8.85. The van der Waals surface area contributed by atoms with Crippen LogP contribution in [0.5, 0.6) is 0 Å². The van der Waals surface area contributed by atoms with Crippen LogP contribution in [0.25, 0.3) is 0 Å². The van der Waals surface area contributed by atoms with Crippen molar-refractivity contribution >= 4 is 44.2 Å². The zero-order chi connectivity index (χ0) is 19.3. The Balaban J connectivity index is 2.24. The first-order chi connectivity index (χ1) is 12.0. The summed E-state index contributed by atoms with van der Waals surface area (Å²) in [4.78, 5) is 15.8. The number of rotatable bonds is 2. The number of carboxylic acid groups (broad SMARTS) is 1. The van der Waals surface area contributed by atoms with Crippen molar-refractivity contribution < 1.29 is 18.5 Å². The Labute approximate surface area is 166 Å². The number of benzene rings is 1. The van der Waals surface area contributed by atoms with Crippen LogP contribution in [0.3, 0.4) is 0 Å². The Hall–Kier alpha value is -1.23. The normalized spacial score (nSPS) is 30.4. The van der Waals surface area contributed by atoms with Crippen LogP contribution >= 0.6 is 22.6 Å². The molecule has 1 fully saturated rings. The van der Waals surface area contributed by atoms with Gasteiger partial charge in [0.2, 0.25) is 0 Å². The first-order valence-electron chi connectivity index (χ1n) is 8.26. The van der Waals surface area contributed by atoms with Crippen LogP contribution in [0.1, 0.15) is 39.2 Å². The van der Waals surface area contributed by atoms with Gasteiger partial charge in [0, 0.05) is 9.13 Å². The van der Waals surface area contributed by atoms with E-state index in [4.69, 9.17) is 0 Å². The van der Waals surface area contributed by atoms with E-state index in [-0.39, 0.29) is 17.6 Å². The zero-order valence-corrected chi connectivity index (χ0v) is 17.7. The third kappa shape index (κ3) is 3.47. The summed E-state index contributed by atoms with van der Waals surface area (Å²) in [6, 6.07) is 4.67. The van der Waals surface area contributed by atoms with Crippen molar-refractivity contribution in [3.8, 4) is 0 Å². The molecule has 1 amide bonds. The molecule has 2 N–H and O–H groups in total. The van der Waals surface area contributed by atoms with E-state index in [1.807, 2.05) is 0 Å². The number of nitrogens with zero attached hydrogens (tertiary/aromatic N) is 2. The molecule has 0 spiro atoms. The fourth-order valence-corrected chi connectivity index (χ4v) is 6.31. The number of carbonyl (C=O) groups is 1. The van der Waals surface area contributed by atoms with Gasteiger partial charge in [-0.1, -0.05) is 0 Å². The summed E-state index contributed by atoms with van der Waals surface area (Å²) >= 11 is 2.08. The van der Waals surface area contributed by atoms with E-state index in [0.29, 0.717) is 5.56 Å². The Morgan fingerprint density at radius 2 is 2.08 bits per heavy atom. The molecule has 1 saturated carbocycles. The van der Waals surface area contributed by atoms with Gasteiger partial charge in [0.25, 0.3) is 0 Å². The maximum atomic E-state index is 14.6. The van der Waals surface area contributed by atoms with Gasteiger partial charge in [0.05, 0.1) is 21.5 Å². The van der Waals surface area contributed by atoms with Gasteiger partial charge in [-0.15, -0.1) is 0 Å². The largest absolute Gasteiger partial charge is 0.465 e. The van der Waals surface area contributed by atoms with Gasteiger partial charge >= 0.3 is 6.09 Å². The molecule has 0 aromatic heterocycles. The molecule has 0 unspecified atom stereocenters. The van der Waals surface area contributed by atoms with Crippen molar-refractivity contribution in [1.29, 1.82) is 0 Å². The summed E-state index contributed by atoms with van der Waals surface area (Å²) in [5.74, 6) is -0.351. The topological polar surface area (TPSA) is 91.1 Å². The number of amides is 1. The standard InChI is InChI=1S/C17H21FIN3O3S/c1-16(2)14(20-15(23)24)21-17(3,9-26(16,25)22-11-5-6-11)12-8-10(19)4-7-13(12)18/h4,7-8,11H,5-6,9H2,1-3H3,(H,20,21)(H,23,24)/t17-,26-/m0/s1. The maximum absolute atomic E-state index is 14.6. The van der Waals surface area contributed by atoms with E-state index in [0.717, 1.165) is 16.4 Å². The highest BCUT2D eigenvalue weighted by atomic mass is 127. The van der Waals surface area contributed by atoms with Gasteiger partial charge < -0.3 is 5.11 Å². The van der Waals surface area contributed by atoms with Crippen LogP contribution in [0.4, 0.5) is 9.18 Å². The number of amidine groups is 1. The molecule has 1 heterocycles. The van der Waals surface area contributed by atoms with Gasteiger partial charge in [-0.25, -0.2) is 17.8 Å². The Kier molecular flexibility index (Phi) is 4.83. The summed E-state index contributed by atoms with van der Waals surface area (Å²) in [6.45, 7) is 5.05. The fourth-order valence-electron chi connectivity index (χ4n) is 3.04. The van der Waals surface area contributed by atoms with E-state index in [1.54, 1.807) is 32.9 Å². The molecule has 3 rings (SSSR count). The minimum absolute atomic E-state index is 0.0240. The predicted octanol–water partition coefficient (Wildman–Crippen LogP) is 3.73. The van der Waals surface area contributed by atoms with E-state index in [9.17, 15) is 18.5 Å². The molecule has 0 bridgehead atoms. The van der Waals surface area contributed by atoms with Crippen molar-refractivity contribution in [2.45, 2.75) is 49.9 Å². The SMILES string of the molecule is CC1(C)C(NC(=O)O)=N[C@](C)(c2cc(I)ccc2F)C[S@@]1(=O)=NC1CC1. The molecule has 6 nitrogen and oxygen atoms in total. The molecule has 9 heteroatoms. The first kappa shape index (κ1) is 19.5. The molecule has 1 aromatic rings. The molecule has 2 aliphatic rings. The number of hydrogen-bond donors (Lipinski definition) is 2. The molecule has 1 aliphatic carbocycles. The molecule has 0 saturated heterocycles. The van der Waals surface area contributed by atoms with Crippen molar-refractivity contribution in [2.24, 2.45) is 9.36 Å². The minimum atomic E-state index is -2.89. The van der Waals surface area contributed by atoms with Crippen LogP contribution in [0.15, 0.2) is 27.6 Å². The highest BCUT2D eigenvalue weighted by molar-refractivity contribution is 14.1. The second-order valence-corrected chi connectivity index (χ2v) is 11.5. The average Bonchev–Trinajstić information content (AvgIpc) is 3.30. The van der Waals surface area contributed by atoms with E-state index < -0.39 is 31.9 Å². The lowest BCUT2D eigenvalue weighted by Gasteiger charge is -2.41. The minimum Gasteiger partial charge on any atom is -0.465 e. The summed E-state index contributed by atoms with van der Waals surface area (Å²) in [7, 11) is -2.89. The van der Waals surface area contributed by atoms with Crippen molar-refractivity contribution in [3.63, 3.8) is 0 Å². The van der Waals surface area contributed by atoms with Crippen LogP contribution in [0, 0.1) is 9.39 Å². The van der Waals surface area contributed by atoms with Crippen molar-refractivity contribution in [2.75, 3.05) is 5.75 Å². The van der Waals surface area contributed by atoms with Crippen LogP contribution in [-0.4, -0.2) is 37.8 Å². The molecule has 1 aromatic carbocycles. The Morgan fingerprint density at radius 1 is 1.42 bits per heavy atom. The number of hydrogen-bond acceptors (Lipinski definition) is 4. The Bertz CT molecular complexity index is 920. The van der Waals surface area contributed by atoms with Crippen LogP contribution in [-0.2, 0) is 15.3 Å². The van der Waals surface area contributed by atoms with Gasteiger partial charge in [-0.2, -0.15) is 0 Å². The van der Waals surface area contributed by atoms with E-state index in [2.05, 4.69) is 37.3 Å². The van der Waals surface area contributed by atoms with Gasteiger partial charge in [-0.05, 0) is 74.4 Å². The summed E-state index contributed by atoms with van der Waals surface area (Å²) < 4.78 is 32.7. The predicted molar refractivity (Wildman–Crippen MR) is 108 cm³/mol. The zero-order valence-electron chi connectivity index (χ0n) is 14.8. The lowest BCUT2D eigenvalue weighted by Crippen LogP contribution is -2.57. The van der Waals surface area contributed by atoms with E-state index >= 15 is 0 Å². The molecule has 1 aliphatic heterocycles. The van der Waals surface area contributed by atoms with Crippen LogP contribution in [0.2, 0.25) is 0 Å². The molecular formula is C17H21FIN3O3S. The number of nitrogens with one attached hydrogen (secondary N) is 1. The molecule has 142 valence electrons. The highest BCUT2D eigenvalue weighted by Gasteiger charge is 2.50. The summed E-state index contributed by atoms with van der Waals surface area (Å²) in [6.07, 6.45) is 0.456. The monoisotopic (exact) mass is 493 g/mol. The van der Waals surface area contributed by atoms with Gasteiger partial charge in [-0.3, -0.25) is 10.3 Å². The van der Waals surface area contributed by atoms with Crippen LogP contribution < -0.4 is 5.32 Å². The maximum Gasteiger partial charge on any atom is 0.410 e. The summed E-state index contributed by atoms with van der Waals surface area (Å²) in [5, 5.41) is 11.5. The lowest BCUT2D eigenvalue weighted by atomic mass is 9.93. The molecule has 2 atom stereocenters. The molecule has 26 heavy (non-hydrogen) atoms.